The van der Waals surface area contributed by atoms with Crippen LogP contribution in [0.2, 0.25) is 5.02 Å². The summed E-state index contributed by atoms with van der Waals surface area (Å²) < 4.78 is 51.4. The molecule has 1 amide bonds. The molecule has 3 aromatic carbocycles. The molecule has 0 saturated carbocycles. The van der Waals surface area contributed by atoms with Gasteiger partial charge in [-0.15, -0.1) is 0 Å². The third kappa shape index (κ3) is 5.42. The molecule has 0 aliphatic rings. The van der Waals surface area contributed by atoms with Crippen molar-refractivity contribution >= 4 is 66.0 Å². The molecule has 188 valence electrons. The Kier molecular flexibility index (Phi) is 7.17. The molecule has 9 nitrogen and oxygen atoms in total. The van der Waals surface area contributed by atoms with Crippen molar-refractivity contribution in [2.75, 3.05) is 11.1 Å². The molecule has 1 heterocycles. The number of hydrogen-bond donors (Lipinski definition) is 2. The number of carbonyl (C=O) groups excluding carboxylic acids is 1. The summed E-state index contributed by atoms with van der Waals surface area (Å²) >= 11 is 7.04. The number of carbonyl (C=O) groups is 1. The zero-order valence-electron chi connectivity index (χ0n) is 19.1. The Labute approximate surface area is 217 Å². The second-order valence-corrected chi connectivity index (χ2v) is 12.7. The number of halogens is 1. The van der Waals surface area contributed by atoms with Crippen molar-refractivity contribution in [2.45, 2.75) is 28.8 Å². The lowest BCUT2D eigenvalue weighted by molar-refractivity contribution is -0.113. The van der Waals surface area contributed by atoms with Crippen LogP contribution in [0.15, 0.2) is 75.6 Å². The Hall–Kier alpha value is -2.90. The van der Waals surface area contributed by atoms with Crippen LogP contribution < -0.4 is 10.5 Å². The lowest BCUT2D eigenvalue weighted by Crippen LogP contribution is -2.18. The van der Waals surface area contributed by atoms with Crippen LogP contribution in [0.3, 0.4) is 0 Å². The Balaban J connectivity index is 1.63. The molecule has 0 spiro atoms. The number of imidazole rings is 1. The monoisotopic (exact) mass is 564 g/mol. The number of nitrogens with one attached hydrogen (secondary N) is 1. The molecule has 0 aliphatic heterocycles. The Morgan fingerprint density at radius 1 is 1.00 bits per heavy atom. The molecule has 0 bridgehead atoms. The molecule has 3 N–H and O–H groups in total. The summed E-state index contributed by atoms with van der Waals surface area (Å²) in [7, 11) is -7.96. The summed E-state index contributed by atoms with van der Waals surface area (Å²) in [5.41, 5.74) is 2.65. The first-order chi connectivity index (χ1) is 16.9. The molecule has 4 aromatic rings. The molecule has 0 radical (unpaired) electrons. The van der Waals surface area contributed by atoms with Gasteiger partial charge in [0.25, 0.3) is 10.0 Å². The standard InChI is InChI=1S/C23H21ClN4O5S3/c1-14-9-15(2)11-17(10-14)36(32,33)28-21-6-4-3-5-20(21)27-23(28)34-13-22(29)26-19-8-7-16(12-18(19)24)35(25,30)31/h3-12H,13H2,1-2H3,(H,26,29)(H2,25,30,31). The van der Waals surface area contributed by atoms with Gasteiger partial charge in [-0.25, -0.2) is 30.9 Å². The van der Waals surface area contributed by atoms with E-state index in [9.17, 15) is 21.6 Å². The van der Waals surface area contributed by atoms with Crippen molar-refractivity contribution in [3.63, 3.8) is 0 Å². The summed E-state index contributed by atoms with van der Waals surface area (Å²) in [5, 5.41) is 7.79. The van der Waals surface area contributed by atoms with E-state index in [1.54, 1.807) is 36.4 Å². The van der Waals surface area contributed by atoms with Crippen LogP contribution in [0.25, 0.3) is 11.0 Å². The van der Waals surface area contributed by atoms with E-state index in [1.165, 1.54) is 12.1 Å². The number of sulfonamides is 1. The van der Waals surface area contributed by atoms with Gasteiger partial charge in [0.2, 0.25) is 15.9 Å². The zero-order chi connectivity index (χ0) is 26.3. The SMILES string of the molecule is Cc1cc(C)cc(S(=O)(=O)n2c(SCC(=O)Nc3ccc(S(N)(=O)=O)cc3Cl)nc3ccccc32)c1. The highest BCUT2D eigenvalue weighted by Crippen LogP contribution is 2.30. The van der Waals surface area contributed by atoms with Crippen LogP contribution >= 0.6 is 23.4 Å². The molecule has 1 aromatic heterocycles. The van der Waals surface area contributed by atoms with E-state index >= 15 is 0 Å². The van der Waals surface area contributed by atoms with Crippen molar-refractivity contribution in [2.24, 2.45) is 5.14 Å². The highest BCUT2D eigenvalue weighted by Gasteiger charge is 2.25. The average Bonchev–Trinajstić information content (AvgIpc) is 3.17. The molecule has 0 atom stereocenters. The van der Waals surface area contributed by atoms with Crippen LogP contribution in [0.1, 0.15) is 11.1 Å². The Bertz CT molecular complexity index is 1700. The number of nitrogens with two attached hydrogens (primary N) is 1. The topological polar surface area (TPSA) is 141 Å². The summed E-state index contributed by atoms with van der Waals surface area (Å²) in [6.07, 6.45) is 0. The molecule has 0 saturated heterocycles. The maximum absolute atomic E-state index is 13.7. The molecular formula is C23H21ClN4O5S3. The maximum Gasteiger partial charge on any atom is 0.270 e. The van der Waals surface area contributed by atoms with E-state index in [0.29, 0.717) is 11.0 Å². The number of fused-ring (bicyclic) bond motifs is 1. The zero-order valence-corrected chi connectivity index (χ0v) is 22.3. The van der Waals surface area contributed by atoms with Crippen molar-refractivity contribution in [3.05, 3.63) is 76.8 Å². The Morgan fingerprint density at radius 3 is 2.31 bits per heavy atom. The van der Waals surface area contributed by atoms with Gasteiger partial charge in [-0.3, -0.25) is 4.79 Å². The third-order valence-electron chi connectivity index (χ3n) is 5.10. The van der Waals surface area contributed by atoms with Crippen molar-refractivity contribution < 1.29 is 21.6 Å². The fourth-order valence-electron chi connectivity index (χ4n) is 3.58. The van der Waals surface area contributed by atoms with Crippen molar-refractivity contribution in [1.82, 2.24) is 8.96 Å². The number of benzene rings is 3. The summed E-state index contributed by atoms with van der Waals surface area (Å²) in [5.74, 6) is -0.674. The van der Waals surface area contributed by atoms with Gasteiger partial charge >= 0.3 is 0 Å². The molecular weight excluding hydrogens is 544 g/mol. The molecule has 0 fully saturated rings. The first kappa shape index (κ1) is 26.2. The van der Waals surface area contributed by atoms with Gasteiger partial charge in [0.05, 0.1) is 37.3 Å². The average molecular weight is 565 g/mol. The van der Waals surface area contributed by atoms with E-state index in [2.05, 4.69) is 10.3 Å². The quantitative estimate of drug-likeness (QED) is 0.324. The third-order valence-corrected chi connectivity index (χ3v) is 9.06. The first-order valence-corrected chi connectivity index (χ1v) is 14.8. The number of para-hydroxylation sites is 2. The van der Waals surface area contributed by atoms with Crippen LogP contribution in [0.4, 0.5) is 5.69 Å². The van der Waals surface area contributed by atoms with E-state index in [0.717, 1.165) is 32.9 Å². The van der Waals surface area contributed by atoms with Gasteiger partial charge in [0.15, 0.2) is 5.16 Å². The lowest BCUT2D eigenvalue weighted by atomic mass is 10.2. The van der Waals surface area contributed by atoms with E-state index in [1.807, 2.05) is 19.9 Å². The number of aromatic nitrogens is 2. The molecule has 0 unspecified atom stereocenters. The number of rotatable bonds is 7. The minimum absolute atomic E-state index is 0.00971. The number of primary sulfonamides is 1. The number of anilines is 1. The van der Waals surface area contributed by atoms with E-state index < -0.39 is 26.0 Å². The minimum atomic E-state index is -4.02. The fraction of sp³-hybridized carbons (Fsp3) is 0.130. The van der Waals surface area contributed by atoms with Crippen molar-refractivity contribution in [3.8, 4) is 0 Å². The second kappa shape index (κ2) is 9.87. The smallest absolute Gasteiger partial charge is 0.270 e. The van der Waals surface area contributed by atoms with Gasteiger partial charge in [-0.1, -0.05) is 41.6 Å². The highest BCUT2D eigenvalue weighted by molar-refractivity contribution is 8.00. The Morgan fingerprint density at radius 2 is 1.67 bits per heavy atom. The van der Waals surface area contributed by atoms with E-state index in [4.69, 9.17) is 16.7 Å². The first-order valence-electron chi connectivity index (χ1n) is 10.4. The highest BCUT2D eigenvalue weighted by atomic mass is 35.5. The predicted octanol–water partition coefficient (Wildman–Crippen LogP) is 3.92. The summed E-state index contributed by atoms with van der Waals surface area (Å²) in [4.78, 5) is 17.0. The van der Waals surface area contributed by atoms with Crippen LogP contribution in [-0.4, -0.2) is 37.5 Å². The maximum atomic E-state index is 13.7. The van der Waals surface area contributed by atoms with Crippen LogP contribution in [0.5, 0.6) is 0 Å². The van der Waals surface area contributed by atoms with Gasteiger partial charge in [0, 0.05) is 0 Å². The van der Waals surface area contributed by atoms with Gasteiger partial charge in [-0.2, -0.15) is 0 Å². The number of nitrogens with zero attached hydrogens (tertiary/aromatic N) is 2. The molecule has 0 aliphatic carbocycles. The summed E-state index contributed by atoms with van der Waals surface area (Å²) in [6, 6.07) is 15.5. The normalized spacial score (nSPS) is 12.1. The van der Waals surface area contributed by atoms with Gasteiger partial charge < -0.3 is 5.32 Å². The van der Waals surface area contributed by atoms with Crippen LogP contribution in [-0.2, 0) is 24.8 Å². The van der Waals surface area contributed by atoms with Crippen LogP contribution in [0, 0.1) is 13.8 Å². The molecule has 4 rings (SSSR count). The molecule has 13 heteroatoms. The van der Waals surface area contributed by atoms with Crippen molar-refractivity contribution in [1.29, 1.82) is 0 Å². The van der Waals surface area contributed by atoms with Gasteiger partial charge in [-0.05, 0) is 67.4 Å². The number of aryl methyl sites for hydroxylation is 2. The minimum Gasteiger partial charge on any atom is -0.324 e. The largest absolute Gasteiger partial charge is 0.324 e. The fourth-order valence-corrected chi connectivity index (χ4v) is 7.12. The summed E-state index contributed by atoms with van der Waals surface area (Å²) in [6.45, 7) is 3.64. The lowest BCUT2D eigenvalue weighted by Gasteiger charge is -2.12. The second-order valence-electron chi connectivity index (χ2n) is 8.00. The van der Waals surface area contributed by atoms with E-state index in [-0.39, 0.29) is 31.4 Å². The predicted molar refractivity (Wildman–Crippen MR) is 140 cm³/mol. The van der Waals surface area contributed by atoms with Gasteiger partial charge in [0.1, 0.15) is 0 Å². The number of thioether (sulfide) groups is 1. The number of amides is 1. The molecule has 36 heavy (non-hydrogen) atoms. The number of hydrogen-bond acceptors (Lipinski definition) is 7.